The summed E-state index contributed by atoms with van der Waals surface area (Å²) in [4.78, 5) is 50.3. The van der Waals surface area contributed by atoms with E-state index in [2.05, 4.69) is 15.4 Å². The number of aliphatic carboxylic acids is 2. The number of amides is 2. The lowest BCUT2D eigenvalue weighted by atomic mass is 9.76. The van der Waals surface area contributed by atoms with E-state index in [9.17, 15) is 42.9 Å². The van der Waals surface area contributed by atoms with Crippen LogP contribution in [-0.2, 0) is 35.6 Å². The van der Waals surface area contributed by atoms with Crippen molar-refractivity contribution in [2.75, 3.05) is 19.3 Å². The molecular weight excluding hydrogens is 560 g/mol. The fourth-order valence-corrected chi connectivity index (χ4v) is 5.76. The number of benzene rings is 1. The number of carboxylic acids is 2. The Balaban J connectivity index is 0.00000840. The highest BCUT2D eigenvalue weighted by Crippen LogP contribution is 2.43. The second kappa shape index (κ2) is 16.2. The Hall–Kier alpha value is -3.27. The van der Waals surface area contributed by atoms with E-state index in [1.165, 1.54) is 12.1 Å². The summed E-state index contributed by atoms with van der Waals surface area (Å²) in [5.74, 6) is -4.89. The molecule has 0 heterocycles. The standard InChI is InChI=1S/C26H40N4O9S.H2O/c1-40(38,39)30-20(6-2-5-13-27)22(32)28-16-18(23(33)34)15-26(11-3-4-12-26)25(37)29-21(24(35)36)14-17-7-9-19(31)10-8-17;/h7-10,18,20-21,30-31H,2-6,11-16,27H2,1H3,(H,28,32)(H,29,37)(H,33,34)(H,35,36);1H2/t18-,20-,21-;/m0./s1. The number of carboxylic acid groups (broad SMARTS) is 2. The van der Waals surface area contributed by atoms with Gasteiger partial charge in [0.15, 0.2) is 0 Å². The zero-order valence-electron chi connectivity index (χ0n) is 23.1. The fourth-order valence-electron chi connectivity index (χ4n) is 5.02. The van der Waals surface area contributed by atoms with Crippen molar-refractivity contribution in [3.05, 3.63) is 29.8 Å². The summed E-state index contributed by atoms with van der Waals surface area (Å²) < 4.78 is 25.7. The van der Waals surface area contributed by atoms with Crippen LogP contribution in [0.4, 0.5) is 0 Å². The number of nitrogens with one attached hydrogen (secondary N) is 3. The van der Waals surface area contributed by atoms with E-state index in [4.69, 9.17) is 5.73 Å². The van der Waals surface area contributed by atoms with Gasteiger partial charge in [0.05, 0.1) is 17.6 Å². The molecule has 1 aliphatic carbocycles. The molecule has 1 aliphatic rings. The Kier molecular flexibility index (Phi) is 14.2. The molecule has 0 spiro atoms. The fraction of sp³-hybridized carbons (Fsp3) is 0.615. The number of hydrogen-bond donors (Lipinski definition) is 7. The normalized spacial score (nSPS) is 16.5. The van der Waals surface area contributed by atoms with Crippen molar-refractivity contribution in [1.82, 2.24) is 15.4 Å². The number of sulfonamides is 1. The molecule has 10 N–H and O–H groups in total. The van der Waals surface area contributed by atoms with Crippen LogP contribution in [0.3, 0.4) is 0 Å². The van der Waals surface area contributed by atoms with Crippen LogP contribution in [0.15, 0.2) is 24.3 Å². The molecule has 15 heteroatoms. The van der Waals surface area contributed by atoms with E-state index in [0.717, 1.165) is 6.26 Å². The number of phenolic OH excluding ortho intramolecular Hbond substituents is 1. The first-order chi connectivity index (χ1) is 18.8. The third-order valence-corrected chi connectivity index (χ3v) is 7.86. The van der Waals surface area contributed by atoms with Crippen molar-refractivity contribution in [1.29, 1.82) is 0 Å². The van der Waals surface area contributed by atoms with Crippen LogP contribution < -0.4 is 21.1 Å². The average molecular weight is 603 g/mol. The van der Waals surface area contributed by atoms with E-state index in [1.807, 2.05) is 0 Å². The van der Waals surface area contributed by atoms with E-state index < -0.39 is 57.2 Å². The first-order valence-electron chi connectivity index (χ1n) is 13.3. The Labute approximate surface area is 239 Å². The van der Waals surface area contributed by atoms with Crippen LogP contribution in [0.25, 0.3) is 0 Å². The first-order valence-corrected chi connectivity index (χ1v) is 15.1. The quantitative estimate of drug-likeness (QED) is 0.112. The number of carbonyl (C=O) groups excluding carboxylic acids is 2. The molecule has 0 radical (unpaired) electrons. The molecule has 41 heavy (non-hydrogen) atoms. The van der Waals surface area contributed by atoms with Crippen LogP contribution in [-0.4, -0.2) is 84.4 Å². The molecule has 232 valence electrons. The molecule has 14 nitrogen and oxygen atoms in total. The van der Waals surface area contributed by atoms with Gasteiger partial charge in [-0.1, -0.05) is 31.4 Å². The van der Waals surface area contributed by atoms with Crippen LogP contribution >= 0.6 is 0 Å². The molecule has 2 rings (SSSR count). The summed E-state index contributed by atoms with van der Waals surface area (Å²) in [6, 6.07) is 3.55. The Morgan fingerprint density at radius 3 is 2.12 bits per heavy atom. The molecule has 1 aromatic rings. The van der Waals surface area contributed by atoms with Crippen LogP contribution in [0.1, 0.15) is 56.9 Å². The van der Waals surface area contributed by atoms with E-state index in [1.54, 1.807) is 12.1 Å². The molecule has 1 saturated carbocycles. The van der Waals surface area contributed by atoms with Gasteiger partial charge in [0, 0.05) is 13.0 Å². The van der Waals surface area contributed by atoms with Gasteiger partial charge in [-0.25, -0.2) is 17.9 Å². The highest BCUT2D eigenvalue weighted by Gasteiger charge is 2.45. The zero-order valence-corrected chi connectivity index (χ0v) is 23.9. The second-order valence-electron chi connectivity index (χ2n) is 10.4. The number of carbonyl (C=O) groups is 4. The third-order valence-electron chi connectivity index (χ3n) is 7.15. The predicted octanol–water partition coefficient (Wildman–Crippen LogP) is -0.506. The molecule has 1 fully saturated rings. The van der Waals surface area contributed by atoms with Crippen LogP contribution in [0.2, 0.25) is 0 Å². The maximum Gasteiger partial charge on any atom is 0.326 e. The molecule has 0 aromatic heterocycles. The van der Waals surface area contributed by atoms with Crippen LogP contribution in [0.5, 0.6) is 5.75 Å². The second-order valence-corrected chi connectivity index (χ2v) is 12.2. The lowest BCUT2D eigenvalue weighted by Gasteiger charge is -2.32. The minimum atomic E-state index is -3.72. The first kappa shape index (κ1) is 35.8. The lowest BCUT2D eigenvalue weighted by Crippen LogP contribution is -2.51. The van der Waals surface area contributed by atoms with Gasteiger partial charge in [-0.15, -0.1) is 0 Å². The van der Waals surface area contributed by atoms with Crippen molar-refractivity contribution in [2.24, 2.45) is 17.1 Å². The number of rotatable bonds is 17. The highest BCUT2D eigenvalue weighted by molar-refractivity contribution is 7.88. The minimum absolute atomic E-state index is 0. The predicted molar refractivity (Wildman–Crippen MR) is 149 cm³/mol. The molecule has 3 atom stereocenters. The number of aromatic hydroxyl groups is 1. The van der Waals surface area contributed by atoms with Gasteiger partial charge in [-0.3, -0.25) is 14.4 Å². The van der Waals surface area contributed by atoms with Crippen molar-refractivity contribution < 1.29 is 48.4 Å². The topological polar surface area (TPSA) is 257 Å². The van der Waals surface area contributed by atoms with Crippen molar-refractivity contribution in [3.63, 3.8) is 0 Å². The van der Waals surface area contributed by atoms with Gasteiger partial charge in [0.1, 0.15) is 17.8 Å². The zero-order chi connectivity index (χ0) is 29.9. The van der Waals surface area contributed by atoms with Gasteiger partial charge in [0.2, 0.25) is 21.8 Å². The largest absolute Gasteiger partial charge is 0.508 e. The van der Waals surface area contributed by atoms with E-state index in [-0.39, 0.29) is 37.0 Å². The number of nitrogens with two attached hydrogens (primary N) is 1. The molecule has 0 bridgehead atoms. The number of unbranched alkanes of at least 4 members (excludes halogenated alkanes) is 1. The lowest BCUT2D eigenvalue weighted by molar-refractivity contribution is -0.147. The summed E-state index contributed by atoms with van der Waals surface area (Å²) in [5, 5.41) is 34.2. The SMILES string of the molecule is CS(=O)(=O)N[C@@H](CCCCN)C(=O)NC[C@H](CC1(C(=O)N[C@@H](Cc2ccc(O)cc2)C(=O)O)CCCC1)C(=O)O.O. The molecule has 1 aromatic carbocycles. The maximum absolute atomic E-state index is 13.5. The molecule has 0 unspecified atom stereocenters. The summed E-state index contributed by atoms with van der Waals surface area (Å²) in [6.07, 6.45) is 4.03. The monoisotopic (exact) mass is 602 g/mol. The van der Waals surface area contributed by atoms with Gasteiger partial charge >= 0.3 is 11.9 Å². The third kappa shape index (κ3) is 11.6. The van der Waals surface area contributed by atoms with Crippen molar-refractivity contribution in [3.8, 4) is 5.75 Å². The van der Waals surface area contributed by atoms with Gasteiger partial charge in [0.25, 0.3) is 0 Å². The summed E-state index contributed by atoms with van der Waals surface area (Å²) in [5.41, 5.74) is 4.92. The van der Waals surface area contributed by atoms with E-state index >= 15 is 0 Å². The van der Waals surface area contributed by atoms with Gasteiger partial charge in [-0.2, -0.15) is 0 Å². The molecule has 0 aliphatic heterocycles. The Morgan fingerprint density at radius 2 is 1.61 bits per heavy atom. The van der Waals surface area contributed by atoms with Crippen molar-refractivity contribution in [2.45, 2.75) is 69.9 Å². The van der Waals surface area contributed by atoms with Gasteiger partial charge < -0.3 is 37.2 Å². The maximum atomic E-state index is 13.5. The number of hydrogen-bond acceptors (Lipinski definition) is 8. The Morgan fingerprint density at radius 1 is 1.00 bits per heavy atom. The Bertz CT molecular complexity index is 1140. The molecule has 0 saturated heterocycles. The summed E-state index contributed by atoms with van der Waals surface area (Å²) in [7, 11) is -3.72. The van der Waals surface area contributed by atoms with Crippen molar-refractivity contribution >= 4 is 33.8 Å². The van der Waals surface area contributed by atoms with Crippen LogP contribution in [0, 0.1) is 11.3 Å². The van der Waals surface area contributed by atoms with Gasteiger partial charge in [-0.05, 0) is 56.3 Å². The number of phenols is 1. The highest BCUT2D eigenvalue weighted by atomic mass is 32.2. The van der Waals surface area contributed by atoms with E-state index in [0.29, 0.717) is 50.6 Å². The smallest absolute Gasteiger partial charge is 0.326 e. The molecule has 2 amide bonds. The summed E-state index contributed by atoms with van der Waals surface area (Å²) >= 11 is 0. The molecular formula is C26H42N4O10S. The minimum Gasteiger partial charge on any atom is -0.508 e. The average Bonchev–Trinajstić information content (AvgIpc) is 3.35. The summed E-state index contributed by atoms with van der Waals surface area (Å²) in [6.45, 7) is 0.0357.